The van der Waals surface area contributed by atoms with Crippen molar-refractivity contribution in [3.8, 4) is 0 Å². The van der Waals surface area contributed by atoms with Crippen LogP contribution in [0.1, 0.15) is 32.1 Å². The standard InChI is InChI=1S/C10H16F3NO2/c11-10(12,13)7-2-1-3-9(4-7,6-14)5-8(15)16/h7H,1-6,14H2,(H,15,16). The molecule has 1 aliphatic carbocycles. The van der Waals surface area contributed by atoms with E-state index >= 15 is 0 Å². The van der Waals surface area contributed by atoms with Gasteiger partial charge >= 0.3 is 12.1 Å². The van der Waals surface area contributed by atoms with Crippen molar-refractivity contribution in [3.05, 3.63) is 0 Å². The van der Waals surface area contributed by atoms with E-state index in [1.54, 1.807) is 0 Å². The Morgan fingerprint density at radius 3 is 2.56 bits per heavy atom. The van der Waals surface area contributed by atoms with Gasteiger partial charge in [0, 0.05) is 0 Å². The van der Waals surface area contributed by atoms with E-state index < -0.39 is 23.5 Å². The van der Waals surface area contributed by atoms with Crippen LogP contribution in [0.5, 0.6) is 0 Å². The molecule has 6 heteroatoms. The normalized spacial score (nSPS) is 31.4. The van der Waals surface area contributed by atoms with E-state index in [2.05, 4.69) is 0 Å². The number of aliphatic carboxylic acids is 1. The monoisotopic (exact) mass is 239 g/mol. The van der Waals surface area contributed by atoms with Gasteiger partial charge in [0.2, 0.25) is 0 Å². The molecule has 1 saturated carbocycles. The quantitative estimate of drug-likeness (QED) is 0.793. The first-order valence-electron chi connectivity index (χ1n) is 5.28. The summed E-state index contributed by atoms with van der Waals surface area (Å²) in [5, 5.41) is 8.71. The van der Waals surface area contributed by atoms with E-state index in [1.807, 2.05) is 0 Å². The van der Waals surface area contributed by atoms with Crippen molar-refractivity contribution in [2.75, 3.05) is 6.54 Å². The molecule has 0 aromatic heterocycles. The molecule has 0 spiro atoms. The molecule has 0 aromatic carbocycles. The van der Waals surface area contributed by atoms with E-state index in [0.29, 0.717) is 12.8 Å². The van der Waals surface area contributed by atoms with Gasteiger partial charge in [-0.05, 0) is 31.2 Å². The third-order valence-electron chi connectivity index (χ3n) is 3.36. The molecule has 0 saturated heterocycles. The van der Waals surface area contributed by atoms with Gasteiger partial charge in [0.15, 0.2) is 0 Å². The molecule has 1 rings (SSSR count). The second kappa shape index (κ2) is 4.61. The summed E-state index contributed by atoms with van der Waals surface area (Å²) in [5.41, 5.74) is 4.59. The van der Waals surface area contributed by atoms with Crippen LogP contribution in [0, 0.1) is 11.3 Å². The highest BCUT2D eigenvalue weighted by molar-refractivity contribution is 5.67. The number of carboxylic acid groups (broad SMARTS) is 1. The minimum absolute atomic E-state index is 0.00583. The number of hydrogen-bond acceptors (Lipinski definition) is 2. The highest BCUT2D eigenvalue weighted by atomic mass is 19.4. The fourth-order valence-corrected chi connectivity index (χ4v) is 2.47. The number of alkyl halides is 3. The van der Waals surface area contributed by atoms with Crippen molar-refractivity contribution in [1.82, 2.24) is 0 Å². The van der Waals surface area contributed by atoms with Crippen LogP contribution < -0.4 is 5.73 Å². The average molecular weight is 239 g/mol. The molecular formula is C10H16F3NO2. The highest BCUT2D eigenvalue weighted by Crippen LogP contribution is 2.47. The van der Waals surface area contributed by atoms with Gasteiger partial charge in [-0.15, -0.1) is 0 Å². The second-order valence-corrected chi connectivity index (χ2v) is 4.61. The largest absolute Gasteiger partial charge is 0.481 e. The van der Waals surface area contributed by atoms with Gasteiger partial charge in [-0.1, -0.05) is 6.42 Å². The predicted octanol–water partition coefficient (Wildman–Crippen LogP) is 2.16. The number of rotatable bonds is 3. The Bertz CT molecular complexity index is 267. The van der Waals surface area contributed by atoms with Crippen LogP contribution in [-0.2, 0) is 4.79 Å². The van der Waals surface area contributed by atoms with Crippen LogP contribution in [-0.4, -0.2) is 23.8 Å². The molecule has 94 valence electrons. The van der Waals surface area contributed by atoms with E-state index in [1.165, 1.54) is 0 Å². The molecule has 0 bridgehead atoms. The Balaban J connectivity index is 2.76. The Hall–Kier alpha value is -0.780. The summed E-state index contributed by atoms with van der Waals surface area (Å²) in [6.07, 6.45) is -3.70. The SMILES string of the molecule is NCC1(CC(=O)O)CCCC(C(F)(F)F)C1. The van der Waals surface area contributed by atoms with Crippen molar-refractivity contribution in [2.24, 2.45) is 17.1 Å². The molecule has 3 nitrogen and oxygen atoms in total. The molecule has 0 aromatic rings. The molecule has 2 unspecified atom stereocenters. The maximum Gasteiger partial charge on any atom is 0.391 e. The fraction of sp³-hybridized carbons (Fsp3) is 0.900. The van der Waals surface area contributed by atoms with Crippen LogP contribution in [0.3, 0.4) is 0 Å². The van der Waals surface area contributed by atoms with Gasteiger partial charge in [-0.2, -0.15) is 13.2 Å². The van der Waals surface area contributed by atoms with Crippen molar-refractivity contribution in [1.29, 1.82) is 0 Å². The van der Waals surface area contributed by atoms with Crippen molar-refractivity contribution >= 4 is 5.97 Å². The molecule has 16 heavy (non-hydrogen) atoms. The second-order valence-electron chi connectivity index (χ2n) is 4.61. The van der Waals surface area contributed by atoms with Gasteiger partial charge in [0.05, 0.1) is 12.3 Å². The van der Waals surface area contributed by atoms with Crippen LogP contribution >= 0.6 is 0 Å². The molecule has 0 radical (unpaired) electrons. The molecule has 0 aliphatic heterocycles. The summed E-state index contributed by atoms with van der Waals surface area (Å²) < 4.78 is 37.7. The Kier molecular flexibility index (Phi) is 3.83. The van der Waals surface area contributed by atoms with Crippen LogP contribution in [0.4, 0.5) is 13.2 Å². The number of hydrogen-bond donors (Lipinski definition) is 2. The molecule has 0 amide bonds. The first-order chi connectivity index (χ1) is 7.29. The molecular weight excluding hydrogens is 223 g/mol. The van der Waals surface area contributed by atoms with E-state index in [4.69, 9.17) is 10.8 Å². The molecule has 3 N–H and O–H groups in total. The van der Waals surface area contributed by atoms with Gasteiger partial charge in [0.25, 0.3) is 0 Å². The van der Waals surface area contributed by atoms with Crippen molar-refractivity contribution < 1.29 is 23.1 Å². The summed E-state index contributed by atoms with van der Waals surface area (Å²) in [4.78, 5) is 10.7. The smallest absolute Gasteiger partial charge is 0.391 e. The first-order valence-corrected chi connectivity index (χ1v) is 5.28. The summed E-state index contributed by atoms with van der Waals surface area (Å²) in [6.45, 7) is 0.00583. The molecule has 1 aliphatic rings. The highest BCUT2D eigenvalue weighted by Gasteiger charge is 2.47. The summed E-state index contributed by atoms with van der Waals surface area (Å²) in [6, 6.07) is 0. The van der Waals surface area contributed by atoms with E-state index in [-0.39, 0.29) is 25.8 Å². The molecule has 2 atom stereocenters. The maximum atomic E-state index is 12.6. The topological polar surface area (TPSA) is 63.3 Å². The zero-order valence-corrected chi connectivity index (χ0v) is 8.89. The minimum Gasteiger partial charge on any atom is -0.481 e. The van der Waals surface area contributed by atoms with Crippen LogP contribution in [0.2, 0.25) is 0 Å². The summed E-state index contributed by atoms with van der Waals surface area (Å²) in [7, 11) is 0. The van der Waals surface area contributed by atoms with Gasteiger partial charge < -0.3 is 10.8 Å². The van der Waals surface area contributed by atoms with Gasteiger partial charge in [0.1, 0.15) is 0 Å². The van der Waals surface area contributed by atoms with Crippen LogP contribution in [0.25, 0.3) is 0 Å². The number of carboxylic acids is 1. The van der Waals surface area contributed by atoms with Crippen molar-refractivity contribution in [2.45, 2.75) is 38.3 Å². The Morgan fingerprint density at radius 1 is 1.50 bits per heavy atom. The molecule has 0 heterocycles. The maximum absolute atomic E-state index is 12.6. The third-order valence-corrected chi connectivity index (χ3v) is 3.36. The minimum atomic E-state index is -4.24. The zero-order valence-electron chi connectivity index (χ0n) is 8.89. The Labute approximate surface area is 91.8 Å². The average Bonchev–Trinajstić information content (AvgIpc) is 2.16. The summed E-state index contributed by atoms with van der Waals surface area (Å²) >= 11 is 0. The lowest BCUT2D eigenvalue weighted by atomic mass is 9.67. The van der Waals surface area contributed by atoms with Gasteiger partial charge in [-0.25, -0.2) is 0 Å². The number of nitrogens with two attached hydrogens (primary N) is 1. The molecule has 1 fully saturated rings. The predicted molar refractivity (Wildman–Crippen MR) is 51.8 cm³/mol. The van der Waals surface area contributed by atoms with Gasteiger partial charge in [-0.3, -0.25) is 4.79 Å². The van der Waals surface area contributed by atoms with E-state index in [0.717, 1.165) is 0 Å². The number of carbonyl (C=O) groups is 1. The third kappa shape index (κ3) is 3.10. The first kappa shape index (κ1) is 13.3. The lowest BCUT2D eigenvalue weighted by molar-refractivity contribution is -0.193. The summed E-state index contributed by atoms with van der Waals surface area (Å²) in [5.74, 6) is -2.47. The zero-order chi connectivity index (χ0) is 12.4. The van der Waals surface area contributed by atoms with Crippen LogP contribution in [0.15, 0.2) is 0 Å². The Morgan fingerprint density at radius 2 is 2.12 bits per heavy atom. The fourth-order valence-electron chi connectivity index (χ4n) is 2.47. The lowest BCUT2D eigenvalue weighted by Gasteiger charge is -2.39. The van der Waals surface area contributed by atoms with Crippen molar-refractivity contribution in [3.63, 3.8) is 0 Å². The van der Waals surface area contributed by atoms with E-state index in [9.17, 15) is 18.0 Å². The lowest BCUT2D eigenvalue weighted by Crippen LogP contribution is -2.41. The number of halogens is 3.